The molecule has 3 aromatic rings. The lowest BCUT2D eigenvalue weighted by molar-refractivity contribution is 0.0589. The number of aromatic nitrogens is 2. The number of amides is 1. The molecular weight excluding hydrogens is 374 g/mol. The van der Waals surface area contributed by atoms with Crippen LogP contribution >= 0.6 is 0 Å². The van der Waals surface area contributed by atoms with Crippen molar-refractivity contribution >= 4 is 17.6 Å². The molecule has 2 aromatic carbocycles. The first-order valence-corrected chi connectivity index (χ1v) is 8.80. The summed E-state index contributed by atoms with van der Waals surface area (Å²) < 4.78 is 17.2. The Bertz CT molecular complexity index is 1030. The maximum Gasteiger partial charge on any atom is 0.358 e. The minimum absolute atomic E-state index is 0.163. The summed E-state index contributed by atoms with van der Waals surface area (Å²) in [4.78, 5) is 24.6. The highest BCUT2D eigenvalue weighted by atomic mass is 16.5. The van der Waals surface area contributed by atoms with Gasteiger partial charge in [0.25, 0.3) is 5.91 Å². The average Bonchev–Trinajstić information content (AvgIpc) is 3.11. The third kappa shape index (κ3) is 4.55. The van der Waals surface area contributed by atoms with E-state index in [1.54, 1.807) is 32.4 Å². The van der Waals surface area contributed by atoms with Crippen LogP contribution in [0.15, 0.2) is 54.7 Å². The van der Waals surface area contributed by atoms with E-state index >= 15 is 0 Å². The summed E-state index contributed by atoms with van der Waals surface area (Å²) in [5, 5.41) is 6.70. The van der Waals surface area contributed by atoms with Crippen molar-refractivity contribution in [2.75, 3.05) is 19.5 Å². The van der Waals surface area contributed by atoms with Gasteiger partial charge in [-0.25, -0.2) is 4.79 Å². The van der Waals surface area contributed by atoms with Gasteiger partial charge in [-0.15, -0.1) is 0 Å². The van der Waals surface area contributed by atoms with E-state index in [9.17, 15) is 9.59 Å². The highest BCUT2D eigenvalue weighted by Gasteiger charge is 2.19. The number of hydrogen-bond donors (Lipinski definition) is 1. The molecule has 0 bridgehead atoms. The highest BCUT2D eigenvalue weighted by Crippen LogP contribution is 2.26. The van der Waals surface area contributed by atoms with Crippen LogP contribution in [0.2, 0.25) is 0 Å². The number of esters is 1. The number of rotatable bonds is 7. The quantitative estimate of drug-likeness (QED) is 0.618. The molecular formula is C21H21N3O5. The van der Waals surface area contributed by atoms with E-state index in [2.05, 4.69) is 10.4 Å². The SMILES string of the molecule is COC(=O)c1c(NC(=O)c2cccc(COc3ccccc3OC)c2)cnn1C. The van der Waals surface area contributed by atoms with Gasteiger partial charge in [-0.05, 0) is 29.8 Å². The van der Waals surface area contributed by atoms with Crippen molar-refractivity contribution in [3.8, 4) is 11.5 Å². The van der Waals surface area contributed by atoms with Gasteiger partial charge in [0.1, 0.15) is 6.61 Å². The predicted molar refractivity (Wildman–Crippen MR) is 106 cm³/mol. The molecule has 0 atom stereocenters. The van der Waals surface area contributed by atoms with E-state index in [1.165, 1.54) is 18.0 Å². The van der Waals surface area contributed by atoms with Crippen molar-refractivity contribution in [2.45, 2.75) is 6.61 Å². The molecule has 0 aliphatic rings. The van der Waals surface area contributed by atoms with E-state index in [0.717, 1.165) is 5.56 Å². The smallest absolute Gasteiger partial charge is 0.358 e. The normalized spacial score (nSPS) is 10.3. The van der Waals surface area contributed by atoms with E-state index < -0.39 is 5.97 Å². The van der Waals surface area contributed by atoms with Crippen LogP contribution in [0.3, 0.4) is 0 Å². The number of nitrogens with one attached hydrogen (secondary N) is 1. The number of carbonyl (C=O) groups is 2. The van der Waals surface area contributed by atoms with Crippen LogP contribution < -0.4 is 14.8 Å². The molecule has 1 N–H and O–H groups in total. The molecule has 1 heterocycles. The van der Waals surface area contributed by atoms with Gasteiger partial charge < -0.3 is 19.5 Å². The number of benzene rings is 2. The molecule has 1 aromatic heterocycles. The van der Waals surface area contributed by atoms with Crippen molar-refractivity contribution in [1.29, 1.82) is 0 Å². The van der Waals surface area contributed by atoms with E-state index in [1.807, 2.05) is 30.3 Å². The molecule has 0 aliphatic carbocycles. The Morgan fingerprint density at radius 2 is 1.83 bits per heavy atom. The predicted octanol–water partition coefficient (Wildman–Crippen LogP) is 3.05. The first-order valence-electron chi connectivity index (χ1n) is 8.80. The topological polar surface area (TPSA) is 91.7 Å². The number of hydrogen-bond acceptors (Lipinski definition) is 6. The number of aryl methyl sites for hydroxylation is 1. The van der Waals surface area contributed by atoms with Gasteiger partial charge >= 0.3 is 5.97 Å². The maximum absolute atomic E-state index is 12.7. The molecule has 0 radical (unpaired) electrons. The zero-order valence-electron chi connectivity index (χ0n) is 16.3. The largest absolute Gasteiger partial charge is 0.493 e. The molecule has 8 nitrogen and oxygen atoms in total. The third-order valence-electron chi connectivity index (χ3n) is 4.22. The number of carbonyl (C=O) groups excluding carboxylic acids is 2. The van der Waals surface area contributed by atoms with Crippen LogP contribution in [0, 0.1) is 0 Å². The van der Waals surface area contributed by atoms with Crippen LogP contribution in [-0.2, 0) is 18.4 Å². The summed E-state index contributed by atoms with van der Waals surface area (Å²) in [6.07, 6.45) is 1.40. The van der Waals surface area contributed by atoms with Crippen LogP contribution in [0.5, 0.6) is 11.5 Å². The minimum atomic E-state index is -0.584. The molecule has 0 saturated heterocycles. The second kappa shape index (κ2) is 8.92. The zero-order valence-corrected chi connectivity index (χ0v) is 16.3. The molecule has 0 aliphatic heterocycles. The number of para-hydroxylation sites is 2. The van der Waals surface area contributed by atoms with Crippen LogP contribution in [0.1, 0.15) is 26.4 Å². The lowest BCUT2D eigenvalue weighted by Gasteiger charge is -2.11. The van der Waals surface area contributed by atoms with Crippen molar-refractivity contribution < 1.29 is 23.8 Å². The molecule has 0 fully saturated rings. The fraction of sp³-hybridized carbons (Fsp3) is 0.190. The summed E-state index contributed by atoms with van der Waals surface area (Å²) in [6.45, 7) is 0.266. The monoisotopic (exact) mass is 395 g/mol. The van der Waals surface area contributed by atoms with Crippen molar-refractivity contribution in [2.24, 2.45) is 7.05 Å². The Balaban J connectivity index is 1.73. The van der Waals surface area contributed by atoms with Gasteiger partial charge in [0.05, 0.1) is 26.1 Å². The number of ether oxygens (including phenoxy) is 3. The summed E-state index contributed by atoms with van der Waals surface area (Å²) in [7, 11) is 4.44. The lowest BCUT2D eigenvalue weighted by Crippen LogP contribution is -2.16. The lowest BCUT2D eigenvalue weighted by atomic mass is 10.1. The Morgan fingerprint density at radius 1 is 1.07 bits per heavy atom. The summed E-state index contributed by atoms with van der Waals surface area (Å²) >= 11 is 0. The zero-order chi connectivity index (χ0) is 20.8. The van der Waals surface area contributed by atoms with Crippen molar-refractivity contribution in [3.05, 3.63) is 71.5 Å². The van der Waals surface area contributed by atoms with Crippen molar-refractivity contribution in [1.82, 2.24) is 9.78 Å². The molecule has 1 amide bonds. The first kappa shape index (κ1) is 19.9. The summed E-state index contributed by atoms with van der Waals surface area (Å²) in [5.74, 6) is 0.290. The molecule has 3 rings (SSSR count). The summed E-state index contributed by atoms with van der Waals surface area (Å²) in [5.41, 5.74) is 1.67. The summed E-state index contributed by atoms with van der Waals surface area (Å²) in [6, 6.07) is 14.4. The Kier molecular flexibility index (Phi) is 6.13. The molecule has 150 valence electrons. The average molecular weight is 395 g/mol. The highest BCUT2D eigenvalue weighted by molar-refractivity contribution is 6.07. The van der Waals surface area contributed by atoms with Crippen LogP contribution in [0.4, 0.5) is 5.69 Å². The molecule has 0 unspecified atom stereocenters. The molecule has 0 saturated carbocycles. The van der Waals surface area contributed by atoms with Gasteiger partial charge in [-0.2, -0.15) is 5.10 Å². The van der Waals surface area contributed by atoms with E-state index in [0.29, 0.717) is 17.1 Å². The second-order valence-corrected chi connectivity index (χ2v) is 6.12. The van der Waals surface area contributed by atoms with E-state index in [-0.39, 0.29) is 23.9 Å². The number of methoxy groups -OCH3 is 2. The van der Waals surface area contributed by atoms with Gasteiger partial charge in [0.15, 0.2) is 17.2 Å². The minimum Gasteiger partial charge on any atom is -0.493 e. The third-order valence-corrected chi connectivity index (χ3v) is 4.22. The maximum atomic E-state index is 12.7. The Labute approximate surface area is 168 Å². The van der Waals surface area contributed by atoms with Gasteiger partial charge in [-0.3, -0.25) is 9.48 Å². The van der Waals surface area contributed by atoms with Gasteiger partial charge in [-0.1, -0.05) is 24.3 Å². The molecule has 29 heavy (non-hydrogen) atoms. The number of anilines is 1. The first-order chi connectivity index (χ1) is 14.0. The van der Waals surface area contributed by atoms with Gasteiger partial charge in [0.2, 0.25) is 0 Å². The molecule has 8 heteroatoms. The second-order valence-electron chi connectivity index (χ2n) is 6.12. The fourth-order valence-electron chi connectivity index (χ4n) is 2.76. The molecule has 0 spiro atoms. The fourth-order valence-corrected chi connectivity index (χ4v) is 2.76. The number of nitrogens with zero attached hydrogens (tertiary/aromatic N) is 2. The van der Waals surface area contributed by atoms with E-state index in [4.69, 9.17) is 14.2 Å². The Morgan fingerprint density at radius 3 is 2.55 bits per heavy atom. The van der Waals surface area contributed by atoms with Gasteiger partial charge in [0, 0.05) is 12.6 Å². The van der Waals surface area contributed by atoms with Crippen LogP contribution in [0.25, 0.3) is 0 Å². The van der Waals surface area contributed by atoms with Crippen LogP contribution in [-0.4, -0.2) is 35.9 Å². The standard InChI is InChI=1S/C21H21N3O5/c1-24-19(21(26)28-3)16(12-22-24)23-20(25)15-8-6-7-14(11-15)13-29-18-10-5-4-9-17(18)27-2/h4-12H,13H2,1-3H3,(H,23,25). The van der Waals surface area contributed by atoms with Crippen molar-refractivity contribution in [3.63, 3.8) is 0 Å². The Hall–Kier alpha value is -3.81.